The second-order valence-corrected chi connectivity index (χ2v) is 7.30. The van der Waals surface area contributed by atoms with E-state index < -0.39 is 0 Å². The summed E-state index contributed by atoms with van der Waals surface area (Å²) < 4.78 is 0. The largest absolute Gasteiger partial charge is 0.390 e. The van der Waals surface area contributed by atoms with E-state index in [1.54, 1.807) is 0 Å². The van der Waals surface area contributed by atoms with Crippen molar-refractivity contribution >= 4 is 0 Å². The van der Waals surface area contributed by atoms with Crippen LogP contribution >= 0.6 is 0 Å². The van der Waals surface area contributed by atoms with E-state index >= 15 is 0 Å². The first kappa shape index (κ1) is 17.8. The van der Waals surface area contributed by atoms with Gasteiger partial charge in [0, 0.05) is 19.1 Å². The molecular formula is C20H38N2. The van der Waals surface area contributed by atoms with Crippen molar-refractivity contribution in [2.45, 2.75) is 95.9 Å². The number of nitrogens with zero attached hydrogens (tertiary/aromatic N) is 1. The standard InChI is InChI=1S/C20H38N2/c1-2-4-7-11-15-20(14-10-6-3-1)22-18-13-9-5-8-12-16-21-17-19-22/h12,16,20-21H,1-11,13-15,17-19H2. The van der Waals surface area contributed by atoms with E-state index in [-0.39, 0.29) is 0 Å². The van der Waals surface area contributed by atoms with Crippen LogP contribution in [0.2, 0.25) is 0 Å². The van der Waals surface area contributed by atoms with Crippen LogP contribution in [0, 0.1) is 0 Å². The van der Waals surface area contributed by atoms with Gasteiger partial charge in [-0.3, -0.25) is 4.90 Å². The Labute approximate surface area is 138 Å². The Morgan fingerprint density at radius 2 is 1.32 bits per heavy atom. The third kappa shape index (κ3) is 7.67. The van der Waals surface area contributed by atoms with E-state index in [1.165, 1.54) is 103 Å². The van der Waals surface area contributed by atoms with Crippen LogP contribution in [0.15, 0.2) is 12.3 Å². The van der Waals surface area contributed by atoms with E-state index in [0.717, 1.165) is 12.6 Å². The lowest BCUT2D eigenvalue weighted by atomic mass is 10.0. The highest BCUT2D eigenvalue weighted by Gasteiger charge is 2.18. The summed E-state index contributed by atoms with van der Waals surface area (Å²) in [7, 11) is 0. The fourth-order valence-corrected chi connectivity index (χ4v) is 4.02. The highest BCUT2D eigenvalue weighted by Crippen LogP contribution is 2.21. The van der Waals surface area contributed by atoms with Gasteiger partial charge in [0.25, 0.3) is 0 Å². The van der Waals surface area contributed by atoms with E-state index in [4.69, 9.17) is 0 Å². The van der Waals surface area contributed by atoms with Crippen molar-refractivity contribution in [1.82, 2.24) is 10.2 Å². The Balaban J connectivity index is 1.85. The third-order valence-corrected chi connectivity index (χ3v) is 5.44. The fraction of sp³-hybridized carbons (Fsp3) is 0.900. The van der Waals surface area contributed by atoms with Crippen LogP contribution in [-0.2, 0) is 0 Å². The normalized spacial score (nSPS) is 25.6. The van der Waals surface area contributed by atoms with Crippen LogP contribution in [0.25, 0.3) is 0 Å². The number of allylic oxidation sites excluding steroid dienone is 1. The molecule has 1 N–H and O–H groups in total. The van der Waals surface area contributed by atoms with Crippen LogP contribution < -0.4 is 5.32 Å². The lowest BCUT2D eigenvalue weighted by Gasteiger charge is -2.32. The van der Waals surface area contributed by atoms with Gasteiger partial charge in [-0.25, -0.2) is 0 Å². The van der Waals surface area contributed by atoms with Gasteiger partial charge in [-0.1, -0.05) is 63.9 Å². The average molecular weight is 307 g/mol. The molecule has 1 heterocycles. The van der Waals surface area contributed by atoms with Crippen LogP contribution in [0.5, 0.6) is 0 Å². The molecule has 2 rings (SSSR count). The molecule has 0 aromatic carbocycles. The monoisotopic (exact) mass is 306 g/mol. The maximum atomic E-state index is 3.49. The molecular weight excluding hydrogens is 268 g/mol. The van der Waals surface area contributed by atoms with Gasteiger partial charge in [0.1, 0.15) is 0 Å². The molecule has 22 heavy (non-hydrogen) atoms. The predicted molar refractivity (Wildman–Crippen MR) is 97.1 cm³/mol. The quantitative estimate of drug-likeness (QED) is 0.712. The van der Waals surface area contributed by atoms with Crippen LogP contribution in [0.3, 0.4) is 0 Å². The lowest BCUT2D eigenvalue weighted by molar-refractivity contribution is 0.170. The van der Waals surface area contributed by atoms with E-state index in [0.29, 0.717) is 0 Å². The van der Waals surface area contributed by atoms with Crippen molar-refractivity contribution in [3.63, 3.8) is 0 Å². The number of hydrogen-bond donors (Lipinski definition) is 1. The fourth-order valence-electron chi connectivity index (χ4n) is 4.02. The first-order valence-corrected chi connectivity index (χ1v) is 10.1. The molecule has 2 nitrogen and oxygen atoms in total. The van der Waals surface area contributed by atoms with Gasteiger partial charge in [-0.2, -0.15) is 0 Å². The number of rotatable bonds is 1. The predicted octanol–water partition coefficient (Wildman–Crippen LogP) is 5.25. The highest BCUT2D eigenvalue weighted by molar-refractivity contribution is 4.82. The Kier molecular flexibility index (Phi) is 9.73. The Hall–Kier alpha value is -0.500. The minimum Gasteiger partial charge on any atom is -0.390 e. The van der Waals surface area contributed by atoms with Gasteiger partial charge in [0.15, 0.2) is 0 Å². The molecule has 1 aliphatic carbocycles. The van der Waals surface area contributed by atoms with Crippen molar-refractivity contribution in [2.24, 2.45) is 0 Å². The highest BCUT2D eigenvalue weighted by atomic mass is 15.2. The van der Waals surface area contributed by atoms with E-state index in [9.17, 15) is 0 Å². The van der Waals surface area contributed by atoms with Gasteiger partial charge in [0.2, 0.25) is 0 Å². The van der Waals surface area contributed by atoms with Crippen molar-refractivity contribution in [3.8, 4) is 0 Å². The molecule has 1 fully saturated rings. The summed E-state index contributed by atoms with van der Waals surface area (Å²) in [5.74, 6) is 0. The first-order valence-electron chi connectivity index (χ1n) is 10.1. The molecule has 0 aromatic heterocycles. The molecule has 0 bridgehead atoms. The minimum atomic E-state index is 0.852. The van der Waals surface area contributed by atoms with Gasteiger partial charge in [-0.15, -0.1) is 0 Å². The maximum absolute atomic E-state index is 3.49. The molecule has 0 atom stereocenters. The summed E-state index contributed by atoms with van der Waals surface area (Å²) in [6.45, 7) is 3.67. The Morgan fingerprint density at radius 3 is 2.05 bits per heavy atom. The molecule has 1 aliphatic heterocycles. The third-order valence-electron chi connectivity index (χ3n) is 5.44. The topological polar surface area (TPSA) is 15.3 Å². The van der Waals surface area contributed by atoms with Crippen molar-refractivity contribution < 1.29 is 0 Å². The zero-order valence-corrected chi connectivity index (χ0v) is 14.7. The smallest absolute Gasteiger partial charge is 0.0269 e. The minimum absolute atomic E-state index is 0.852. The molecule has 0 spiro atoms. The molecule has 128 valence electrons. The summed E-state index contributed by atoms with van der Waals surface area (Å²) in [5.41, 5.74) is 0. The van der Waals surface area contributed by atoms with Gasteiger partial charge < -0.3 is 5.32 Å². The molecule has 0 saturated heterocycles. The Bertz CT molecular complexity index is 275. The molecule has 0 aromatic rings. The average Bonchev–Trinajstić information content (AvgIpc) is 2.64. The van der Waals surface area contributed by atoms with Crippen LogP contribution in [0.1, 0.15) is 89.9 Å². The number of nitrogens with one attached hydrogen (secondary N) is 1. The second kappa shape index (κ2) is 12.0. The SMILES string of the molecule is C1=CNCCN(C2CCCCCCCCCC2)CCCCC1. The summed E-state index contributed by atoms with van der Waals surface area (Å²) in [6, 6.07) is 0.852. The van der Waals surface area contributed by atoms with Gasteiger partial charge in [-0.05, 0) is 44.8 Å². The van der Waals surface area contributed by atoms with E-state index in [1.807, 2.05) is 0 Å². The molecule has 0 radical (unpaired) electrons. The zero-order valence-electron chi connectivity index (χ0n) is 14.7. The molecule has 2 aliphatic rings. The summed E-state index contributed by atoms with van der Waals surface area (Å²) in [6.07, 6.45) is 24.5. The summed E-state index contributed by atoms with van der Waals surface area (Å²) in [5, 5.41) is 3.49. The van der Waals surface area contributed by atoms with Crippen molar-refractivity contribution in [2.75, 3.05) is 19.6 Å². The maximum Gasteiger partial charge on any atom is 0.0269 e. The summed E-state index contributed by atoms with van der Waals surface area (Å²) in [4.78, 5) is 2.82. The molecule has 1 saturated carbocycles. The van der Waals surface area contributed by atoms with Crippen molar-refractivity contribution in [1.29, 1.82) is 0 Å². The molecule has 2 heteroatoms. The van der Waals surface area contributed by atoms with Crippen molar-refractivity contribution in [3.05, 3.63) is 12.3 Å². The van der Waals surface area contributed by atoms with Gasteiger partial charge >= 0.3 is 0 Å². The lowest BCUT2D eigenvalue weighted by Crippen LogP contribution is -2.40. The molecule has 0 unspecified atom stereocenters. The van der Waals surface area contributed by atoms with Gasteiger partial charge in [0.05, 0.1) is 0 Å². The second-order valence-electron chi connectivity index (χ2n) is 7.30. The number of hydrogen-bond acceptors (Lipinski definition) is 2. The van der Waals surface area contributed by atoms with Crippen LogP contribution in [0.4, 0.5) is 0 Å². The Morgan fingerprint density at radius 1 is 0.682 bits per heavy atom. The summed E-state index contributed by atoms with van der Waals surface area (Å²) >= 11 is 0. The van der Waals surface area contributed by atoms with Crippen LogP contribution in [-0.4, -0.2) is 30.6 Å². The zero-order chi connectivity index (χ0) is 15.3. The first-order chi connectivity index (χ1) is 11.0. The molecule has 0 amide bonds. The van der Waals surface area contributed by atoms with E-state index in [2.05, 4.69) is 22.5 Å².